The molecule has 1 aromatic heterocycles. The lowest BCUT2D eigenvalue weighted by atomic mass is 10.1. The van der Waals surface area contributed by atoms with Gasteiger partial charge in [-0.1, -0.05) is 18.2 Å². The van der Waals surface area contributed by atoms with Crippen molar-refractivity contribution in [2.24, 2.45) is 0 Å². The van der Waals surface area contributed by atoms with Gasteiger partial charge in [-0.25, -0.2) is 5.43 Å². The average Bonchev–Trinajstić information content (AvgIpc) is 2.74. The molecule has 0 fully saturated rings. The van der Waals surface area contributed by atoms with Crippen molar-refractivity contribution in [1.82, 2.24) is 10.9 Å². The van der Waals surface area contributed by atoms with Crippen LogP contribution in [0.15, 0.2) is 35.7 Å². The van der Waals surface area contributed by atoms with Gasteiger partial charge in [0.25, 0.3) is 0 Å². The largest absolute Gasteiger partial charge is 0.294 e. The van der Waals surface area contributed by atoms with Gasteiger partial charge in [-0.2, -0.15) is 0 Å². The second-order valence-corrected chi connectivity index (χ2v) is 5.54. The van der Waals surface area contributed by atoms with Crippen LogP contribution < -0.4 is 10.9 Å². The van der Waals surface area contributed by atoms with Crippen molar-refractivity contribution >= 4 is 27.8 Å². The highest BCUT2D eigenvalue weighted by Gasteiger charge is 2.05. The van der Waals surface area contributed by atoms with Crippen molar-refractivity contribution in [1.29, 1.82) is 0 Å². The third-order valence-electron chi connectivity index (χ3n) is 1.87. The number of thiophene rings is 1. The van der Waals surface area contributed by atoms with E-state index in [0.29, 0.717) is 6.41 Å². The Morgan fingerprint density at radius 3 is 2.41 bits per heavy atom. The fourth-order valence-corrected chi connectivity index (χ4v) is 1.94. The van der Waals surface area contributed by atoms with Crippen molar-refractivity contribution in [2.45, 2.75) is 26.3 Å². The van der Waals surface area contributed by atoms with E-state index in [1.807, 2.05) is 20.8 Å². The number of nitrogens with one attached hydrogen (secondary N) is 2. The zero-order valence-corrected chi connectivity index (χ0v) is 11.2. The summed E-state index contributed by atoms with van der Waals surface area (Å²) in [6.07, 6.45) is 0.616. The molecule has 17 heavy (non-hydrogen) atoms. The Bertz CT molecular complexity index is 429. The highest BCUT2D eigenvalue weighted by atomic mass is 32.1. The van der Waals surface area contributed by atoms with Gasteiger partial charge in [-0.3, -0.25) is 10.2 Å². The molecule has 0 bridgehead atoms. The molecule has 0 unspecified atom stereocenters. The second-order valence-electron chi connectivity index (χ2n) is 4.60. The minimum Gasteiger partial charge on any atom is -0.294 e. The maximum absolute atomic E-state index is 9.68. The number of benzene rings is 1. The zero-order chi connectivity index (χ0) is 12.7. The zero-order valence-electron chi connectivity index (χ0n) is 10.4. The summed E-state index contributed by atoms with van der Waals surface area (Å²) in [7, 11) is 0. The van der Waals surface area contributed by atoms with Gasteiger partial charge in [0.1, 0.15) is 0 Å². The fourth-order valence-electron chi connectivity index (χ4n) is 1.15. The summed E-state index contributed by atoms with van der Waals surface area (Å²) in [5.41, 5.74) is 5.07. The van der Waals surface area contributed by atoms with Crippen LogP contribution in [0.5, 0.6) is 0 Å². The smallest absolute Gasteiger partial charge is 0.221 e. The van der Waals surface area contributed by atoms with Gasteiger partial charge in [-0.15, -0.1) is 11.3 Å². The third kappa shape index (κ3) is 5.47. The van der Waals surface area contributed by atoms with E-state index < -0.39 is 0 Å². The molecule has 0 aliphatic heterocycles. The Morgan fingerprint density at radius 1 is 1.18 bits per heavy atom. The van der Waals surface area contributed by atoms with Gasteiger partial charge < -0.3 is 0 Å². The minimum absolute atomic E-state index is 0.0408. The minimum atomic E-state index is -0.0408. The molecule has 4 heteroatoms. The van der Waals surface area contributed by atoms with Crippen LogP contribution >= 0.6 is 11.3 Å². The van der Waals surface area contributed by atoms with Crippen molar-refractivity contribution in [3.8, 4) is 0 Å². The average molecular weight is 250 g/mol. The molecule has 0 radical (unpaired) electrons. The number of fused-ring (bicyclic) bond motifs is 1. The van der Waals surface area contributed by atoms with Crippen LogP contribution in [0.1, 0.15) is 20.8 Å². The lowest BCUT2D eigenvalue weighted by molar-refractivity contribution is -0.110. The van der Waals surface area contributed by atoms with Gasteiger partial charge in [0.15, 0.2) is 0 Å². The molecular weight excluding hydrogens is 232 g/mol. The summed E-state index contributed by atoms with van der Waals surface area (Å²) in [6, 6.07) is 10.5. The molecule has 1 heterocycles. The van der Waals surface area contributed by atoms with Crippen LogP contribution in [0.4, 0.5) is 0 Å². The van der Waals surface area contributed by atoms with E-state index in [2.05, 4.69) is 46.6 Å². The molecule has 3 nitrogen and oxygen atoms in total. The summed E-state index contributed by atoms with van der Waals surface area (Å²) < 4.78 is 1.37. The molecule has 2 N–H and O–H groups in total. The monoisotopic (exact) mass is 250 g/mol. The van der Waals surface area contributed by atoms with Crippen LogP contribution in [0.3, 0.4) is 0 Å². The van der Waals surface area contributed by atoms with E-state index >= 15 is 0 Å². The van der Waals surface area contributed by atoms with Crippen LogP contribution in [-0.4, -0.2) is 11.9 Å². The third-order valence-corrected chi connectivity index (χ3v) is 2.77. The SMILES string of the molecule is CC(C)(C)NNC=O.c1ccc2sccc2c1. The number of amides is 1. The summed E-state index contributed by atoms with van der Waals surface area (Å²) in [5, 5.41) is 3.47. The number of carbonyl (C=O) groups is 1. The topological polar surface area (TPSA) is 41.1 Å². The lowest BCUT2D eigenvalue weighted by Gasteiger charge is -2.18. The van der Waals surface area contributed by atoms with E-state index in [1.165, 1.54) is 10.1 Å². The molecule has 0 spiro atoms. The van der Waals surface area contributed by atoms with Crippen molar-refractivity contribution in [2.75, 3.05) is 0 Å². The summed E-state index contributed by atoms with van der Waals surface area (Å²) >= 11 is 1.79. The van der Waals surface area contributed by atoms with Crippen molar-refractivity contribution in [3.05, 3.63) is 35.7 Å². The van der Waals surface area contributed by atoms with Crippen molar-refractivity contribution < 1.29 is 4.79 Å². The number of hydrogen-bond acceptors (Lipinski definition) is 3. The Balaban J connectivity index is 0.000000172. The molecule has 2 rings (SSSR count). The van der Waals surface area contributed by atoms with Gasteiger partial charge in [-0.05, 0) is 43.7 Å². The van der Waals surface area contributed by atoms with Crippen molar-refractivity contribution in [3.63, 3.8) is 0 Å². The Labute approximate surface area is 106 Å². The van der Waals surface area contributed by atoms with E-state index in [0.717, 1.165) is 0 Å². The van der Waals surface area contributed by atoms with Crippen LogP contribution in [0.2, 0.25) is 0 Å². The van der Waals surface area contributed by atoms with E-state index in [1.54, 1.807) is 11.3 Å². The van der Waals surface area contributed by atoms with Gasteiger partial charge in [0, 0.05) is 10.2 Å². The fraction of sp³-hybridized carbons (Fsp3) is 0.308. The standard InChI is InChI=1S/C8H6S.C5H12N2O/c1-2-4-8-7(3-1)5-6-9-8;1-5(2,3)7-6-4-8/h1-6H;4,7H,1-3H3,(H,6,8). The molecule has 92 valence electrons. The summed E-state index contributed by atoms with van der Waals surface area (Å²) in [6.45, 7) is 5.89. The molecule has 0 saturated heterocycles. The first-order valence-corrected chi connectivity index (χ1v) is 6.29. The molecular formula is C13H18N2OS. The number of hydrogen-bond donors (Lipinski definition) is 2. The first-order chi connectivity index (χ1) is 8.03. The predicted molar refractivity (Wildman–Crippen MR) is 73.9 cm³/mol. The van der Waals surface area contributed by atoms with Gasteiger partial charge in [0.05, 0.1) is 0 Å². The first-order valence-electron chi connectivity index (χ1n) is 5.41. The summed E-state index contributed by atoms with van der Waals surface area (Å²) in [5.74, 6) is 0. The maximum Gasteiger partial charge on any atom is 0.221 e. The Morgan fingerprint density at radius 2 is 1.88 bits per heavy atom. The second kappa shape index (κ2) is 6.37. The maximum atomic E-state index is 9.68. The summed E-state index contributed by atoms with van der Waals surface area (Å²) in [4.78, 5) is 9.68. The van der Waals surface area contributed by atoms with Gasteiger partial charge >= 0.3 is 0 Å². The van der Waals surface area contributed by atoms with Gasteiger partial charge in [0.2, 0.25) is 6.41 Å². The van der Waals surface area contributed by atoms with Crippen LogP contribution in [0.25, 0.3) is 10.1 Å². The molecule has 0 aliphatic carbocycles. The molecule has 0 atom stereocenters. The van der Waals surface area contributed by atoms with Crippen LogP contribution in [-0.2, 0) is 4.79 Å². The molecule has 1 amide bonds. The van der Waals surface area contributed by atoms with E-state index in [-0.39, 0.29) is 5.54 Å². The number of hydrazine groups is 1. The Kier molecular flexibility index (Phi) is 5.12. The molecule has 1 aromatic carbocycles. The van der Waals surface area contributed by atoms with Crippen LogP contribution in [0, 0.1) is 0 Å². The number of rotatable bonds is 2. The lowest BCUT2D eigenvalue weighted by Crippen LogP contribution is -2.45. The first kappa shape index (κ1) is 13.7. The highest BCUT2D eigenvalue weighted by molar-refractivity contribution is 7.17. The molecule has 2 aromatic rings. The molecule has 0 aliphatic rings. The predicted octanol–water partition coefficient (Wildman–Crippen LogP) is 2.94. The van der Waals surface area contributed by atoms with E-state index in [4.69, 9.17) is 0 Å². The molecule has 0 saturated carbocycles. The number of carbonyl (C=O) groups excluding carboxylic acids is 1. The normalized spacial score (nSPS) is 10.5. The highest BCUT2D eigenvalue weighted by Crippen LogP contribution is 2.18. The Hall–Kier alpha value is -1.39. The van der Waals surface area contributed by atoms with E-state index in [9.17, 15) is 4.79 Å². The quantitative estimate of drug-likeness (QED) is 0.635.